The second kappa shape index (κ2) is 6.18. The van der Waals surface area contributed by atoms with Crippen LogP contribution in [0.1, 0.15) is 22.3 Å². The third-order valence-electron chi connectivity index (χ3n) is 2.13. The Balaban J connectivity index is 2.74. The summed E-state index contributed by atoms with van der Waals surface area (Å²) in [6.07, 6.45) is 1.44. The van der Waals surface area contributed by atoms with Gasteiger partial charge in [0.25, 0.3) is 5.91 Å². The summed E-state index contributed by atoms with van der Waals surface area (Å²) in [7, 11) is 0. The zero-order valence-electron chi connectivity index (χ0n) is 9.16. The second-order valence-corrected chi connectivity index (χ2v) is 3.30. The third-order valence-corrected chi connectivity index (χ3v) is 2.13. The molecule has 1 rings (SSSR count). The summed E-state index contributed by atoms with van der Waals surface area (Å²) in [4.78, 5) is 11.5. The lowest BCUT2D eigenvalue weighted by Crippen LogP contribution is -2.23. The molecule has 5 heteroatoms. The first kappa shape index (κ1) is 12.6. The van der Waals surface area contributed by atoms with Crippen molar-refractivity contribution in [3.05, 3.63) is 35.4 Å². The van der Waals surface area contributed by atoms with Crippen LogP contribution >= 0.6 is 0 Å². The summed E-state index contributed by atoms with van der Waals surface area (Å²) >= 11 is 0. The smallest absolute Gasteiger partial charge is 0.252 e. The molecular formula is C12H12N4O. The van der Waals surface area contributed by atoms with E-state index in [2.05, 4.69) is 5.32 Å². The van der Waals surface area contributed by atoms with Crippen LogP contribution in [-0.2, 0) is 0 Å². The summed E-state index contributed by atoms with van der Waals surface area (Å²) < 4.78 is 0. The van der Waals surface area contributed by atoms with E-state index < -0.39 is 0 Å². The molecule has 0 atom stereocenters. The molecule has 0 heterocycles. The fourth-order valence-electron chi connectivity index (χ4n) is 1.26. The van der Waals surface area contributed by atoms with Crippen LogP contribution in [0, 0.1) is 22.1 Å². The predicted octanol–water partition coefficient (Wildman–Crippen LogP) is 1.35. The van der Waals surface area contributed by atoms with E-state index in [-0.39, 0.29) is 18.9 Å². The van der Waals surface area contributed by atoms with E-state index in [4.69, 9.17) is 16.1 Å². The van der Waals surface area contributed by atoms with Crippen molar-refractivity contribution < 1.29 is 4.79 Å². The lowest BCUT2D eigenvalue weighted by molar-refractivity contribution is 0.0958. The molecule has 3 N–H and O–H groups in total. The highest BCUT2D eigenvalue weighted by atomic mass is 16.1. The molecule has 0 bridgehead atoms. The summed E-state index contributed by atoms with van der Waals surface area (Å²) in [6.45, 7) is -0.0236. The zero-order valence-corrected chi connectivity index (χ0v) is 9.16. The molecule has 86 valence electrons. The van der Waals surface area contributed by atoms with Crippen LogP contribution in [0.15, 0.2) is 24.3 Å². The molecule has 1 amide bonds. The third kappa shape index (κ3) is 3.54. The summed E-state index contributed by atoms with van der Waals surface area (Å²) in [6, 6.07) is 8.34. The average Bonchev–Trinajstić information content (AvgIpc) is 2.36. The lowest BCUT2D eigenvalue weighted by atomic mass is 10.1. The summed E-state index contributed by atoms with van der Waals surface area (Å²) in [5, 5.41) is 25.3. The Bertz CT molecular complexity index is 470. The molecule has 0 saturated heterocycles. The van der Waals surface area contributed by atoms with Crippen LogP contribution in [0.3, 0.4) is 0 Å². The molecule has 0 radical (unpaired) electrons. The molecule has 0 unspecified atom stereocenters. The monoisotopic (exact) mass is 228 g/mol. The Morgan fingerprint density at radius 1 is 1.35 bits per heavy atom. The first-order chi connectivity index (χ1) is 8.19. The SMILES string of the molecule is N#CCNC(=O)c1ccc(C(=N)CC=N)cc1. The van der Waals surface area contributed by atoms with Gasteiger partial charge in [-0.3, -0.25) is 4.79 Å². The van der Waals surface area contributed by atoms with Gasteiger partial charge in [0.2, 0.25) is 0 Å². The minimum absolute atomic E-state index is 0.0236. The van der Waals surface area contributed by atoms with Crippen molar-refractivity contribution in [1.82, 2.24) is 5.32 Å². The Labute approximate surface area is 99.1 Å². The second-order valence-electron chi connectivity index (χ2n) is 3.30. The minimum Gasteiger partial charge on any atom is -0.339 e. The minimum atomic E-state index is -0.309. The van der Waals surface area contributed by atoms with Crippen LogP contribution in [0.25, 0.3) is 0 Å². The molecule has 5 nitrogen and oxygen atoms in total. The average molecular weight is 228 g/mol. The summed E-state index contributed by atoms with van der Waals surface area (Å²) in [5.41, 5.74) is 1.47. The van der Waals surface area contributed by atoms with Gasteiger partial charge in [0.05, 0.1) is 6.07 Å². The van der Waals surface area contributed by atoms with Gasteiger partial charge in [-0.15, -0.1) is 0 Å². The normalized spacial score (nSPS) is 9.12. The number of carbonyl (C=O) groups excluding carboxylic acids is 1. The van der Waals surface area contributed by atoms with Gasteiger partial charge in [0, 0.05) is 23.9 Å². The summed E-state index contributed by atoms with van der Waals surface area (Å²) in [5.74, 6) is -0.309. The van der Waals surface area contributed by atoms with Crippen molar-refractivity contribution in [2.75, 3.05) is 6.54 Å². The van der Waals surface area contributed by atoms with Crippen LogP contribution in [0.4, 0.5) is 0 Å². The number of nitrogens with zero attached hydrogens (tertiary/aromatic N) is 1. The maximum absolute atomic E-state index is 11.5. The van der Waals surface area contributed by atoms with Crippen molar-refractivity contribution in [2.45, 2.75) is 6.42 Å². The van der Waals surface area contributed by atoms with E-state index >= 15 is 0 Å². The predicted molar refractivity (Wildman–Crippen MR) is 64.6 cm³/mol. The van der Waals surface area contributed by atoms with Gasteiger partial charge in [0.15, 0.2) is 0 Å². The van der Waals surface area contributed by atoms with Gasteiger partial charge in [0.1, 0.15) is 6.54 Å². The molecule has 0 saturated carbocycles. The van der Waals surface area contributed by atoms with Crippen LogP contribution < -0.4 is 5.32 Å². The fourth-order valence-corrected chi connectivity index (χ4v) is 1.26. The number of amides is 1. The van der Waals surface area contributed by atoms with Crippen LogP contribution in [0.5, 0.6) is 0 Å². The standard InChI is InChI=1S/C12H12N4O/c13-6-5-11(15)9-1-3-10(4-2-9)12(17)16-8-7-14/h1-4,6,13,15H,5,8H2,(H,16,17). The molecular weight excluding hydrogens is 216 g/mol. The fraction of sp³-hybridized carbons (Fsp3) is 0.167. The van der Waals surface area contributed by atoms with Crippen molar-refractivity contribution in [1.29, 1.82) is 16.1 Å². The maximum Gasteiger partial charge on any atom is 0.252 e. The van der Waals surface area contributed by atoms with E-state index in [1.807, 2.05) is 6.07 Å². The van der Waals surface area contributed by atoms with Gasteiger partial charge >= 0.3 is 0 Å². The van der Waals surface area contributed by atoms with E-state index in [0.717, 1.165) is 6.21 Å². The van der Waals surface area contributed by atoms with Gasteiger partial charge in [-0.2, -0.15) is 5.26 Å². The van der Waals surface area contributed by atoms with Crippen molar-refractivity contribution >= 4 is 17.8 Å². The largest absolute Gasteiger partial charge is 0.339 e. The van der Waals surface area contributed by atoms with Crippen LogP contribution in [0.2, 0.25) is 0 Å². The number of hydrogen-bond acceptors (Lipinski definition) is 4. The van der Waals surface area contributed by atoms with E-state index in [1.165, 1.54) is 0 Å². The Morgan fingerprint density at radius 3 is 2.47 bits per heavy atom. The molecule has 0 aromatic heterocycles. The molecule has 0 spiro atoms. The Hall–Kier alpha value is -2.48. The highest BCUT2D eigenvalue weighted by molar-refractivity contribution is 6.05. The number of rotatable bonds is 5. The highest BCUT2D eigenvalue weighted by Gasteiger charge is 2.05. The maximum atomic E-state index is 11.5. The van der Waals surface area contributed by atoms with Gasteiger partial charge in [-0.25, -0.2) is 0 Å². The van der Waals surface area contributed by atoms with Crippen LogP contribution in [-0.4, -0.2) is 24.4 Å². The van der Waals surface area contributed by atoms with Gasteiger partial charge in [-0.05, 0) is 17.7 Å². The topological polar surface area (TPSA) is 101 Å². The number of nitrogens with one attached hydrogen (secondary N) is 3. The lowest BCUT2D eigenvalue weighted by Gasteiger charge is -2.03. The van der Waals surface area contributed by atoms with E-state index in [1.54, 1.807) is 24.3 Å². The first-order valence-electron chi connectivity index (χ1n) is 5.01. The number of carbonyl (C=O) groups is 1. The zero-order chi connectivity index (χ0) is 12.7. The molecule has 0 aliphatic rings. The van der Waals surface area contributed by atoms with Crippen molar-refractivity contribution in [2.24, 2.45) is 0 Å². The molecule has 0 fully saturated rings. The Kier molecular flexibility index (Phi) is 4.58. The molecule has 17 heavy (non-hydrogen) atoms. The molecule has 1 aromatic rings. The number of nitriles is 1. The number of benzene rings is 1. The molecule has 1 aromatic carbocycles. The van der Waals surface area contributed by atoms with Gasteiger partial charge < -0.3 is 16.1 Å². The quantitative estimate of drug-likeness (QED) is 0.523. The molecule has 0 aliphatic carbocycles. The van der Waals surface area contributed by atoms with Crippen molar-refractivity contribution in [3.63, 3.8) is 0 Å². The van der Waals surface area contributed by atoms with E-state index in [9.17, 15) is 4.79 Å². The first-order valence-corrected chi connectivity index (χ1v) is 5.01. The molecule has 0 aliphatic heterocycles. The highest BCUT2D eigenvalue weighted by Crippen LogP contribution is 2.06. The number of hydrogen-bond donors (Lipinski definition) is 3. The van der Waals surface area contributed by atoms with E-state index in [0.29, 0.717) is 16.8 Å². The Morgan fingerprint density at radius 2 is 1.94 bits per heavy atom. The van der Waals surface area contributed by atoms with Crippen molar-refractivity contribution in [3.8, 4) is 6.07 Å². The van der Waals surface area contributed by atoms with Gasteiger partial charge in [-0.1, -0.05) is 12.1 Å².